The number of nitrogens with zero attached hydrogens (tertiary/aromatic N) is 1. The number of benzene rings is 3. The van der Waals surface area contributed by atoms with E-state index in [-0.39, 0.29) is 25.1 Å². The van der Waals surface area contributed by atoms with E-state index in [0.717, 1.165) is 41.5 Å². The van der Waals surface area contributed by atoms with Crippen molar-refractivity contribution < 1.29 is 29.0 Å². The molecule has 0 saturated carbocycles. The lowest BCUT2D eigenvalue weighted by atomic mass is 9.87. The molecule has 38 heavy (non-hydrogen) atoms. The SMILES string of the molecule is COC(=O)c1ccc(COc2ccc3c(c2)CN(C(=O)O)C(C(=O)N[C@@H]2CCCc4ccccc42)C3)cc1. The molecule has 2 atom stereocenters. The van der Waals surface area contributed by atoms with E-state index in [2.05, 4.69) is 11.4 Å². The molecule has 3 aromatic carbocycles. The summed E-state index contributed by atoms with van der Waals surface area (Å²) in [5.41, 5.74) is 5.44. The lowest BCUT2D eigenvalue weighted by Crippen LogP contribution is -2.52. The molecule has 1 aliphatic carbocycles. The standard InChI is InChI=1S/C30H30N2O6/c1-37-29(34)21-11-9-19(10-12-21)18-38-24-14-13-22-16-27(32(30(35)36)17-23(22)15-24)28(33)31-26-8-4-6-20-5-2-3-7-25(20)26/h2-3,5,7,9-15,26-27H,4,6,8,16-18H2,1H3,(H,31,33)(H,35,36)/t26-,27?/m1/s1. The Morgan fingerprint density at radius 2 is 1.79 bits per heavy atom. The van der Waals surface area contributed by atoms with Gasteiger partial charge in [0.1, 0.15) is 18.4 Å². The first-order valence-corrected chi connectivity index (χ1v) is 12.7. The van der Waals surface area contributed by atoms with Gasteiger partial charge in [-0.2, -0.15) is 0 Å². The lowest BCUT2D eigenvalue weighted by Gasteiger charge is -2.36. The zero-order valence-corrected chi connectivity index (χ0v) is 21.2. The van der Waals surface area contributed by atoms with Gasteiger partial charge >= 0.3 is 12.1 Å². The number of carbonyl (C=O) groups excluding carboxylic acids is 2. The quantitative estimate of drug-likeness (QED) is 0.464. The first-order valence-electron chi connectivity index (χ1n) is 12.7. The summed E-state index contributed by atoms with van der Waals surface area (Å²) in [6, 6.07) is 19.7. The van der Waals surface area contributed by atoms with E-state index >= 15 is 0 Å². The molecule has 1 unspecified atom stereocenters. The highest BCUT2D eigenvalue weighted by Crippen LogP contribution is 2.31. The molecule has 0 radical (unpaired) electrons. The van der Waals surface area contributed by atoms with E-state index in [9.17, 15) is 19.5 Å². The smallest absolute Gasteiger partial charge is 0.408 e. The molecule has 196 valence electrons. The maximum atomic E-state index is 13.3. The second kappa shape index (κ2) is 11.0. The Balaban J connectivity index is 1.27. The number of aryl methyl sites for hydroxylation is 1. The average Bonchev–Trinajstić information content (AvgIpc) is 2.95. The highest BCUT2D eigenvalue weighted by atomic mass is 16.5. The number of ether oxygens (including phenoxy) is 2. The van der Waals surface area contributed by atoms with Crippen molar-refractivity contribution in [2.24, 2.45) is 0 Å². The number of methoxy groups -OCH3 is 1. The van der Waals surface area contributed by atoms with Gasteiger partial charge in [-0.15, -0.1) is 0 Å². The van der Waals surface area contributed by atoms with Crippen LogP contribution in [-0.4, -0.2) is 41.1 Å². The van der Waals surface area contributed by atoms with Crippen LogP contribution in [0.5, 0.6) is 5.75 Å². The molecule has 5 rings (SSSR count). The van der Waals surface area contributed by atoms with E-state index in [4.69, 9.17) is 9.47 Å². The molecule has 1 heterocycles. The maximum Gasteiger partial charge on any atom is 0.408 e. The third-order valence-corrected chi connectivity index (χ3v) is 7.32. The first kappa shape index (κ1) is 25.3. The lowest BCUT2D eigenvalue weighted by molar-refractivity contribution is -0.127. The van der Waals surface area contributed by atoms with Crippen LogP contribution in [0, 0.1) is 0 Å². The second-order valence-corrected chi connectivity index (χ2v) is 9.69. The molecular formula is C30H30N2O6. The Hall–Kier alpha value is -4.33. The van der Waals surface area contributed by atoms with Crippen molar-refractivity contribution in [2.75, 3.05) is 7.11 Å². The van der Waals surface area contributed by atoms with E-state index in [1.807, 2.05) is 36.4 Å². The number of carboxylic acid groups (broad SMARTS) is 1. The van der Waals surface area contributed by atoms with Crippen molar-refractivity contribution in [1.82, 2.24) is 10.2 Å². The molecular weight excluding hydrogens is 484 g/mol. The van der Waals surface area contributed by atoms with Crippen molar-refractivity contribution >= 4 is 18.0 Å². The topological polar surface area (TPSA) is 105 Å². The summed E-state index contributed by atoms with van der Waals surface area (Å²) in [5, 5.41) is 13.1. The van der Waals surface area contributed by atoms with Crippen molar-refractivity contribution in [3.05, 3.63) is 100 Å². The number of amides is 2. The van der Waals surface area contributed by atoms with E-state index in [0.29, 0.717) is 17.7 Å². The maximum absolute atomic E-state index is 13.3. The van der Waals surface area contributed by atoms with Gasteiger partial charge in [0.25, 0.3) is 0 Å². The number of hydrogen-bond acceptors (Lipinski definition) is 5. The van der Waals surface area contributed by atoms with Crippen molar-refractivity contribution in [3.8, 4) is 5.75 Å². The molecule has 8 nitrogen and oxygen atoms in total. The fourth-order valence-corrected chi connectivity index (χ4v) is 5.28. The number of fused-ring (bicyclic) bond motifs is 2. The molecule has 0 aromatic heterocycles. The van der Waals surface area contributed by atoms with Crippen LogP contribution in [0.15, 0.2) is 66.7 Å². The van der Waals surface area contributed by atoms with Crippen LogP contribution >= 0.6 is 0 Å². The van der Waals surface area contributed by atoms with Crippen LogP contribution in [0.1, 0.15) is 57.1 Å². The predicted molar refractivity (Wildman–Crippen MR) is 140 cm³/mol. The molecule has 2 amide bonds. The minimum atomic E-state index is -1.13. The van der Waals surface area contributed by atoms with E-state index < -0.39 is 18.1 Å². The summed E-state index contributed by atoms with van der Waals surface area (Å²) in [6.45, 7) is 0.395. The highest BCUT2D eigenvalue weighted by Gasteiger charge is 2.36. The summed E-state index contributed by atoms with van der Waals surface area (Å²) in [7, 11) is 1.34. The van der Waals surface area contributed by atoms with Crippen LogP contribution in [-0.2, 0) is 35.5 Å². The molecule has 0 bridgehead atoms. The Morgan fingerprint density at radius 1 is 1.00 bits per heavy atom. The summed E-state index contributed by atoms with van der Waals surface area (Å²) in [6.07, 6.45) is 1.99. The molecule has 0 saturated heterocycles. The molecule has 2 aliphatic rings. The van der Waals surface area contributed by atoms with Gasteiger partial charge in [0.15, 0.2) is 0 Å². The van der Waals surface area contributed by atoms with Crippen LogP contribution in [0.25, 0.3) is 0 Å². The fraction of sp³-hybridized carbons (Fsp3) is 0.300. The minimum absolute atomic E-state index is 0.106. The van der Waals surface area contributed by atoms with Gasteiger partial charge in [-0.1, -0.05) is 42.5 Å². The summed E-state index contributed by atoms with van der Waals surface area (Å²) in [5.74, 6) is -0.0611. The van der Waals surface area contributed by atoms with Gasteiger partial charge in [0, 0.05) is 6.42 Å². The molecule has 0 fully saturated rings. The van der Waals surface area contributed by atoms with Crippen LogP contribution in [0.2, 0.25) is 0 Å². The van der Waals surface area contributed by atoms with Gasteiger partial charge < -0.3 is 19.9 Å². The minimum Gasteiger partial charge on any atom is -0.489 e. The van der Waals surface area contributed by atoms with Crippen molar-refractivity contribution in [1.29, 1.82) is 0 Å². The molecule has 8 heteroatoms. The number of esters is 1. The van der Waals surface area contributed by atoms with Crippen LogP contribution < -0.4 is 10.1 Å². The van der Waals surface area contributed by atoms with Crippen LogP contribution in [0.3, 0.4) is 0 Å². The Labute approximate surface area is 221 Å². The van der Waals surface area contributed by atoms with E-state index in [1.54, 1.807) is 24.3 Å². The average molecular weight is 515 g/mol. The third kappa shape index (κ3) is 5.34. The van der Waals surface area contributed by atoms with Gasteiger partial charge in [-0.05, 0) is 71.3 Å². The van der Waals surface area contributed by atoms with Gasteiger partial charge in [0.2, 0.25) is 5.91 Å². The Kier molecular flexibility index (Phi) is 7.31. The third-order valence-electron chi connectivity index (χ3n) is 7.32. The van der Waals surface area contributed by atoms with Crippen molar-refractivity contribution in [3.63, 3.8) is 0 Å². The summed E-state index contributed by atoms with van der Waals surface area (Å²) in [4.78, 5) is 38.3. The van der Waals surface area contributed by atoms with Crippen LogP contribution in [0.4, 0.5) is 4.79 Å². The monoisotopic (exact) mass is 514 g/mol. The summed E-state index contributed by atoms with van der Waals surface area (Å²) < 4.78 is 10.6. The first-order chi connectivity index (χ1) is 18.4. The molecule has 3 aromatic rings. The zero-order chi connectivity index (χ0) is 26.6. The molecule has 0 spiro atoms. The fourth-order valence-electron chi connectivity index (χ4n) is 5.28. The van der Waals surface area contributed by atoms with E-state index in [1.165, 1.54) is 17.6 Å². The second-order valence-electron chi connectivity index (χ2n) is 9.69. The number of carbonyl (C=O) groups is 3. The van der Waals surface area contributed by atoms with Crippen molar-refractivity contribution in [2.45, 2.75) is 50.9 Å². The molecule has 2 N–H and O–H groups in total. The molecule has 1 aliphatic heterocycles. The Bertz CT molecular complexity index is 1350. The number of rotatable bonds is 6. The predicted octanol–water partition coefficient (Wildman–Crippen LogP) is 4.65. The zero-order valence-electron chi connectivity index (χ0n) is 21.2. The van der Waals surface area contributed by atoms with Gasteiger partial charge in [-0.25, -0.2) is 9.59 Å². The van der Waals surface area contributed by atoms with Gasteiger partial charge in [-0.3, -0.25) is 9.69 Å². The normalized spacial score (nSPS) is 18.1. The number of nitrogens with one attached hydrogen (secondary N) is 1. The summed E-state index contributed by atoms with van der Waals surface area (Å²) >= 11 is 0. The van der Waals surface area contributed by atoms with Gasteiger partial charge in [0.05, 0.1) is 25.3 Å². The largest absolute Gasteiger partial charge is 0.489 e. The Morgan fingerprint density at radius 3 is 2.55 bits per heavy atom. The highest BCUT2D eigenvalue weighted by molar-refractivity contribution is 5.89. The number of hydrogen-bond donors (Lipinski definition) is 2.